The minimum atomic E-state index is -4.57. The lowest BCUT2D eigenvalue weighted by molar-refractivity contribution is -0.147. The summed E-state index contributed by atoms with van der Waals surface area (Å²) in [4.78, 5) is 24.2. The molecule has 1 aliphatic carbocycles. The largest absolute Gasteiger partial charge is 0.508 e. The molecule has 0 saturated heterocycles. The van der Waals surface area contributed by atoms with E-state index in [0.717, 1.165) is 12.1 Å². The molecule has 11 heteroatoms. The molecule has 1 aromatic rings. The molecule has 1 saturated carbocycles. The predicted molar refractivity (Wildman–Crippen MR) is 165 cm³/mol. The van der Waals surface area contributed by atoms with Crippen LogP contribution in [0.3, 0.4) is 0 Å². The van der Waals surface area contributed by atoms with E-state index in [9.17, 15) is 33.0 Å². The number of carbonyl (C=O) groups is 2. The van der Waals surface area contributed by atoms with Gasteiger partial charge in [0.1, 0.15) is 12.4 Å². The van der Waals surface area contributed by atoms with Gasteiger partial charge in [-0.1, -0.05) is 24.3 Å². The predicted octanol–water partition coefficient (Wildman–Crippen LogP) is 6.25. The fourth-order valence-corrected chi connectivity index (χ4v) is 4.95. The molecule has 0 spiro atoms. The number of ether oxygens (including phenoxy) is 4. The standard InChI is InChI=1S/C35H43F3O8/c1-5-12-25(13-6-2)22-44-34(42)46-28(23-43-27-15-11-14-26(20-27)35(36,37)38)18-19-30-29(31(39)21-32(30)40)16-9-7-8-10-17-33(41)45-24(3)4/h1-2,7,9,11,14-15,18-20,24-25,28-32,39-40H,8,10,12-13,16-17,21-23H2,3-4H3/b9-7-,19-18+/t28-,29-,30-,31+,32-/m1/s1. The van der Waals surface area contributed by atoms with E-state index in [4.69, 9.17) is 31.8 Å². The van der Waals surface area contributed by atoms with Gasteiger partial charge in [-0.05, 0) is 63.3 Å². The Labute approximate surface area is 268 Å². The second-order valence-corrected chi connectivity index (χ2v) is 11.4. The summed E-state index contributed by atoms with van der Waals surface area (Å²) in [6, 6.07) is 4.27. The summed E-state index contributed by atoms with van der Waals surface area (Å²) in [5.41, 5.74) is -0.903. The van der Waals surface area contributed by atoms with E-state index in [1.165, 1.54) is 18.2 Å². The third kappa shape index (κ3) is 14.0. The molecule has 1 aromatic carbocycles. The van der Waals surface area contributed by atoms with Crippen LogP contribution in [0.2, 0.25) is 0 Å². The molecule has 2 N–H and O–H groups in total. The minimum Gasteiger partial charge on any atom is -0.489 e. The van der Waals surface area contributed by atoms with E-state index in [1.807, 2.05) is 12.2 Å². The topological polar surface area (TPSA) is 112 Å². The zero-order chi connectivity index (χ0) is 34.1. The fourth-order valence-electron chi connectivity index (χ4n) is 4.95. The van der Waals surface area contributed by atoms with Crippen LogP contribution in [0.25, 0.3) is 0 Å². The van der Waals surface area contributed by atoms with E-state index in [0.29, 0.717) is 25.7 Å². The van der Waals surface area contributed by atoms with Crippen molar-refractivity contribution in [1.82, 2.24) is 0 Å². The molecule has 0 amide bonds. The smallest absolute Gasteiger partial charge is 0.489 e. The Kier molecular flexibility index (Phi) is 16.3. The van der Waals surface area contributed by atoms with Crippen molar-refractivity contribution in [3.63, 3.8) is 0 Å². The lowest BCUT2D eigenvalue weighted by atomic mass is 9.89. The molecule has 0 aliphatic heterocycles. The monoisotopic (exact) mass is 648 g/mol. The molecule has 0 heterocycles. The van der Waals surface area contributed by atoms with E-state index in [1.54, 1.807) is 19.9 Å². The number of benzene rings is 1. The first kappa shape index (κ1) is 38.3. The number of esters is 1. The number of alkyl halides is 3. The third-order valence-corrected chi connectivity index (χ3v) is 7.23. The van der Waals surface area contributed by atoms with Crippen molar-refractivity contribution in [3.05, 3.63) is 54.1 Å². The molecule has 1 fully saturated rings. The highest BCUT2D eigenvalue weighted by Crippen LogP contribution is 2.36. The third-order valence-electron chi connectivity index (χ3n) is 7.23. The number of terminal acetylenes is 2. The van der Waals surface area contributed by atoms with Crippen LogP contribution in [0.5, 0.6) is 5.75 Å². The maximum atomic E-state index is 13.2. The Balaban J connectivity index is 2.10. The zero-order valence-electron chi connectivity index (χ0n) is 26.2. The van der Waals surface area contributed by atoms with Crippen LogP contribution in [-0.4, -0.2) is 60.0 Å². The first-order valence-electron chi connectivity index (χ1n) is 15.2. The van der Waals surface area contributed by atoms with Gasteiger partial charge in [0, 0.05) is 37.5 Å². The van der Waals surface area contributed by atoms with E-state index in [-0.39, 0.29) is 62.1 Å². The van der Waals surface area contributed by atoms with Crippen LogP contribution >= 0.6 is 0 Å². The van der Waals surface area contributed by atoms with Crippen LogP contribution in [-0.2, 0) is 25.2 Å². The number of allylic oxidation sites excluding steroid dienone is 2. The number of aliphatic hydroxyl groups excluding tert-OH is 2. The molecule has 0 radical (unpaired) electrons. The molecule has 0 aromatic heterocycles. The van der Waals surface area contributed by atoms with Gasteiger partial charge in [0.25, 0.3) is 0 Å². The van der Waals surface area contributed by atoms with Gasteiger partial charge in [-0.15, -0.1) is 24.7 Å². The van der Waals surface area contributed by atoms with Crippen molar-refractivity contribution in [1.29, 1.82) is 0 Å². The summed E-state index contributed by atoms with van der Waals surface area (Å²) in [6.07, 6.45) is 11.6. The number of aliphatic hydroxyl groups is 2. The van der Waals surface area contributed by atoms with Crippen LogP contribution < -0.4 is 4.74 Å². The van der Waals surface area contributed by atoms with Crippen molar-refractivity contribution in [2.24, 2.45) is 17.8 Å². The van der Waals surface area contributed by atoms with E-state index in [2.05, 4.69) is 11.8 Å². The van der Waals surface area contributed by atoms with Gasteiger partial charge in [0.2, 0.25) is 0 Å². The Hall–Kier alpha value is -3.93. The van der Waals surface area contributed by atoms with Gasteiger partial charge in [-0.2, -0.15) is 13.2 Å². The first-order valence-corrected chi connectivity index (χ1v) is 15.2. The molecule has 2 rings (SSSR count). The molecular formula is C35H43F3O8. The fraction of sp³-hybridized carbons (Fsp3) is 0.543. The second-order valence-electron chi connectivity index (χ2n) is 11.4. The Morgan fingerprint density at radius 3 is 2.43 bits per heavy atom. The van der Waals surface area contributed by atoms with Gasteiger partial charge in [-0.3, -0.25) is 4.79 Å². The molecule has 0 bridgehead atoms. The average Bonchev–Trinajstić information content (AvgIpc) is 3.25. The van der Waals surface area contributed by atoms with Crippen LogP contribution in [0, 0.1) is 42.4 Å². The lowest BCUT2D eigenvalue weighted by Gasteiger charge is -2.21. The average molecular weight is 649 g/mol. The van der Waals surface area contributed by atoms with E-state index < -0.39 is 42.1 Å². The van der Waals surface area contributed by atoms with E-state index >= 15 is 0 Å². The number of carbonyl (C=O) groups excluding carboxylic acids is 2. The lowest BCUT2D eigenvalue weighted by Crippen LogP contribution is -2.26. The number of halogens is 3. The van der Waals surface area contributed by atoms with Crippen molar-refractivity contribution in [2.75, 3.05) is 13.2 Å². The highest BCUT2D eigenvalue weighted by molar-refractivity contribution is 5.69. The van der Waals surface area contributed by atoms with Crippen molar-refractivity contribution < 1.29 is 51.9 Å². The number of hydrogen-bond donors (Lipinski definition) is 2. The maximum Gasteiger partial charge on any atom is 0.508 e. The van der Waals surface area contributed by atoms with Crippen molar-refractivity contribution in [2.45, 2.75) is 89.4 Å². The first-order chi connectivity index (χ1) is 21.8. The van der Waals surface area contributed by atoms with Crippen molar-refractivity contribution in [3.8, 4) is 30.4 Å². The van der Waals surface area contributed by atoms with Gasteiger partial charge >= 0.3 is 18.3 Å². The molecule has 46 heavy (non-hydrogen) atoms. The van der Waals surface area contributed by atoms with Gasteiger partial charge in [0.05, 0.1) is 30.5 Å². The Morgan fingerprint density at radius 1 is 1.07 bits per heavy atom. The molecule has 0 unspecified atom stereocenters. The summed E-state index contributed by atoms with van der Waals surface area (Å²) < 4.78 is 60.8. The van der Waals surface area contributed by atoms with Gasteiger partial charge in [-0.25, -0.2) is 4.79 Å². The molecule has 8 nitrogen and oxygen atoms in total. The normalized spacial score (nSPS) is 20.5. The SMILES string of the molecule is C#CCC(CC#C)COC(=O)O[C@H](/C=C/[C@@H]1[C@@H](C/C=C\CCCC(=O)OC(C)C)[C@@H](O)C[C@H]1O)COc1cccc(C(F)(F)F)c1. The summed E-state index contributed by atoms with van der Waals surface area (Å²) in [5.74, 6) is 3.40. The van der Waals surface area contributed by atoms with Crippen molar-refractivity contribution >= 4 is 12.1 Å². The van der Waals surface area contributed by atoms with Gasteiger partial charge in [0.15, 0.2) is 6.10 Å². The number of rotatable bonds is 17. The molecule has 5 atom stereocenters. The minimum absolute atomic E-state index is 0.0925. The number of hydrogen-bond acceptors (Lipinski definition) is 8. The van der Waals surface area contributed by atoms with Crippen LogP contribution in [0.15, 0.2) is 48.6 Å². The summed E-state index contributed by atoms with van der Waals surface area (Å²) in [5, 5.41) is 21.3. The van der Waals surface area contributed by atoms with Crippen LogP contribution in [0.4, 0.5) is 18.0 Å². The highest BCUT2D eigenvalue weighted by atomic mass is 19.4. The zero-order valence-corrected chi connectivity index (χ0v) is 26.2. The quantitative estimate of drug-likeness (QED) is 0.0883. The highest BCUT2D eigenvalue weighted by Gasteiger charge is 2.39. The van der Waals surface area contributed by atoms with Gasteiger partial charge < -0.3 is 29.2 Å². The molecule has 1 aliphatic rings. The summed E-state index contributed by atoms with van der Waals surface area (Å²) in [7, 11) is 0. The van der Waals surface area contributed by atoms with Crippen LogP contribution in [0.1, 0.15) is 64.4 Å². The Bertz CT molecular complexity index is 1230. The summed E-state index contributed by atoms with van der Waals surface area (Å²) in [6.45, 7) is 3.11. The maximum absolute atomic E-state index is 13.2. The molecular weight excluding hydrogens is 605 g/mol. The summed E-state index contributed by atoms with van der Waals surface area (Å²) >= 11 is 0. The number of unbranched alkanes of at least 4 members (excludes halogenated alkanes) is 1. The second kappa shape index (κ2) is 19.6. The Morgan fingerprint density at radius 2 is 1.78 bits per heavy atom. The molecule has 252 valence electrons.